The molecule has 1 amide bonds. The molecule has 0 saturated heterocycles. The van der Waals surface area contributed by atoms with Gasteiger partial charge in [-0.2, -0.15) is 0 Å². The molecule has 1 heterocycles. The van der Waals surface area contributed by atoms with Crippen molar-refractivity contribution in [1.29, 1.82) is 0 Å². The molecule has 7 nitrogen and oxygen atoms in total. The number of primary amides is 1. The molecular formula is C16H12BNO6. The quantitative estimate of drug-likeness (QED) is 0.711. The summed E-state index contributed by atoms with van der Waals surface area (Å²) in [6.45, 7) is 0. The van der Waals surface area contributed by atoms with Crippen molar-refractivity contribution in [2.45, 2.75) is 0 Å². The predicted octanol–water partition coefficient (Wildman–Crippen LogP) is 2.15. The number of hydrogen-bond acceptors (Lipinski definition) is 6. The molecule has 1 aromatic heterocycles. The molecule has 2 aromatic carbocycles. The van der Waals surface area contributed by atoms with E-state index in [-0.39, 0.29) is 17.1 Å². The van der Waals surface area contributed by atoms with E-state index in [4.69, 9.17) is 14.8 Å². The van der Waals surface area contributed by atoms with Crippen molar-refractivity contribution in [1.82, 2.24) is 0 Å². The Kier molecular flexibility index (Phi) is 3.95. The standard InChI is InChI=1S/C16H12BNO6/c1-22-15(20)11-6-8(2-4-10(11)14(18)19)23-9-3-5-13-12(7-9)16(21)24-17-13/h2-7,21H,1H3,(H2,18,19). The molecule has 24 heavy (non-hydrogen) atoms. The number of methoxy groups -OCH3 is 1. The second-order valence-corrected chi connectivity index (χ2v) is 4.96. The number of rotatable bonds is 4. The Morgan fingerprint density at radius 1 is 1.12 bits per heavy atom. The fraction of sp³-hybridized carbons (Fsp3) is 0.0625. The number of esters is 1. The monoisotopic (exact) mass is 325 g/mol. The van der Waals surface area contributed by atoms with E-state index < -0.39 is 11.9 Å². The summed E-state index contributed by atoms with van der Waals surface area (Å²) in [6.07, 6.45) is 0. The number of nitrogens with two attached hydrogens (primary N) is 1. The third kappa shape index (κ3) is 2.81. The van der Waals surface area contributed by atoms with Crippen molar-refractivity contribution in [2.24, 2.45) is 5.73 Å². The number of carbonyl (C=O) groups is 2. The third-order valence-corrected chi connectivity index (χ3v) is 3.45. The minimum absolute atomic E-state index is 0.00902. The summed E-state index contributed by atoms with van der Waals surface area (Å²) >= 11 is 0. The molecule has 3 N–H and O–H groups in total. The van der Waals surface area contributed by atoms with Crippen molar-refractivity contribution in [3.63, 3.8) is 0 Å². The Labute approximate surface area is 136 Å². The first-order valence-electron chi connectivity index (χ1n) is 6.90. The maximum absolute atomic E-state index is 11.8. The predicted molar refractivity (Wildman–Crippen MR) is 85.6 cm³/mol. The van der Waals surface area contributed by atoms with Gasteiger partial charge in [-0.1, -0.05) is 0 Å². The summed E-state index contributed by atoms with van der Waals surface area (Å²) < 4.78 is 15.2. The second-order valence-electron chi connectivity index (χ2n) is 4.96. The molecule has 0 fully saturated rings. The number of hydrogen-bond donors (Lipinski definition) is 2. The second kappa shape index (κ2) is 6.07. The average Bonchev–Trinajstić information content (AvgIpc) is 2.94. The van der Waals surface area contributed by atoms with Gasteiger partial charge >= 0.3 is 136 Å². The SMILES string of the molecule is COC(=O)c1cc(Oc2ccc3boc(O)c3c2)ccc1C(N)=O. The Morgan fingerprint density at radius 3 is 2.54 bits per heavy atom. The van der Waals surface area contributed by atoms with Crippen LogP contribution >= 0.6 is 0 Å². The van der Waals surface area contributed by atoms with E-state index in [9.17, 15) is 14.7 Å². The van der Waals surface area contributed by atoms with Gasteiger partial charge in [0.05, 0.1) is 0 Å². The zero-order valence-corrected chi connectivity index (χ0v) is 12.6. The van der Waals surface area contributed by atoms with E-state index in [0.717, 1.165) is 5.28 Å². The molecule has 3 aromatic rings. The molecule has 0 bridgehead atoms. The van der Waals surface area contributed by atoms with Crippen LogP contribution in [0.15, 0.2) is 40.7 Å². The molecule has 0 saturated carbocycles. The molecule has 0 atom stereocenters. The Morgan fingerprint density at radius 2 is 1.83 bits per heavy atom. The number of ether oxygens (including phenoxy) is 2. The third-order valence-electron chi connectivity index (χ3n) is 3.45. The first kappa shape index (κ1) is 15.6. The summed E-state index contributed by atoms with van der Waals surface area (Å²) in [6, 6.07) is 9.24. The van der Waals surface area contributed by atoms with Crippen LogP contribution in [0.25, 0.3) is 10.7 Å². The van der Waals surface area contributed by atoms with Gasteiger partial charge in [-0.05, 0) is 0 Å². The van der Waals surface area contributed by atoms with E-state index in [1.807, 2.05) is 0 Å². The average molecular weight is 325 g/mol. The molecule has 120 valence electrons. The van der Waals surface area contributed by atoms with Crippen LogP contribution in [0.3, 0.4) is 0 Å². The van der Waals surface area contributed by atoms with E-state index >= 15 is 0 Å². The topological polar surface area (TPSA) is 112 Å². The summed E-state index contributed by atoms with van der Waals surface area (Å²) in [5, 5.41) is 10.8. The van der Waals surface area contributed by atoms with Crippen molar-refractivity contribution >= 4 is 29.7 Å². The molecular weight excluding hydrogens is 313 g/mol. The van der Waals surface area contributed by atoms with Crippen LogP contribution in [0.2, 0.25) is 0 Å². The number of benzene rings is 2. The molecule has 3 rings (SSSR count). The van der Waals surface area contributed by atoms with Gasteiger partial charge in [-0.25, -0.2) is 0 Å². The number of aromatic hydroxyl groups is 1. The van der Waals surface area contributed by atoms with Crippen LogP contribution in [0.5, 0.6) is 17.4 Å². The van der Waals surface area contributed by atoms with Crippen LogP contribution < -0.4 is 10.5 Å². The molecule has 0 radical (unpaired) electrons. The molecule has 0 aliphatic carbocycles. The van der Waals surface area contributed by atoms with Crippen LogP contribution in [0.1, 0.15) is 20.7 Å². The molecule has 0 unspecified atom stereocenters. The van der Waals surface area contributed by atoms with Crippen LogP contribution in [0.4, 0.5) is 0 Å². The van der Waals surface area contributed by atoms with E-state index in [1.165, 1.54) is 32.4 Å². The van der Waals surface area contributed by atoms with E-state index in [2.05, 4.69) is 4.74 Å². The van der Waals surface area contributed by atoms with Gasteiger partial charge < -0.3 is 0 Å². The fourth-order valence-electron chi connectivity index (χ4n) is 2.29. The zero-order valence-electron chi connectivity index (χ0n) is 12.6. The summed E-state index contributed by atoms with van der Waals surface area (Å²) in [7, 11) is 2.63. The van der Waals surface area contributed by atoms with E-state index in [0.29, 0.717) is 16.9 Å². The number of fused-ring (bicyclic) bond motifs is 1. The molecule has 0 aliphatic rings. The first-order valence-corrected chi connectivity index (χ1v) is 6.90. The molecule has 0 aliphatic heterocycles. The van der Waals surface area contributed by atoms with Crippen molar-refractivity contribution < 1.29 is 28.5 Å². The van der Waals surface area contributed by atoms with E-state index in [1.54, 1.807) is 18.2 Å². The maximum atomic E-state index is 11.8. The van der Waals surface area contributed by atoms with Gasteiger partial charge in [0.15, 0.2) is 0 Å². The van der Waals surface area contributed by atoms with Gasteiger partial charge in [0.2, 0.25) is 0 Å². The van der Waals surface area contributed by atoms with Crippen molar-refractivity contribution in [3.05, 3.63) is 47.5 Å². The normalized spacial score (nSPS) is 10.4. The number of amides is 1. The van der Waals surface area contributed by atoms with Crippen molar-refractivity contribution in [3.8, 4) is 17.4 Å². The summed E-state index contributed by atoms with van der Waals surface area (Å²) in [4.78, 5) is 23.2. The van der Waals surface area contributed by atoms with Crippen LogP contribution in [0, 0.1) is 0 Å². The Balaban J connectivity index is 1.97. The van der Waals surface area contributed by atoms with Gasteiger partial charge in [0.1, 0.15) is 0 Å². The minimum atomic E-state index is -0.744. The van der Waals surface area contributed by atoms with Crippen LogP contribution in [-0.2, 0) is 4.74 Å². The van der Waals surface area contributed by atoms with Gasteiger partial charge in [0.25, 0.3) is 0 Å². The summed E-state index contributed by atoms with van der Waals surface area (Å²) in [5.41, 5.74) is 5.30. The Hall–Kier alpha value is -3.29. The fourth-order valence-corrected chi connectivity index (χ4v) is 2.29. The van der Waals surface area contributed by atoms with Gasteiger partial charge in [0, 0.05) is 0 Å². The Bertz CT molecular complexity index is 949. The van der Waals surface area contributed by atoms with Crippen molar-refractivity contribution in [2.75, 3.05) is 7.11 Å². The number of carbonyl (C=O) groups excluding carboxylic acids is 2. The van der Waals surface area contributed by atoms with Crippen LogP contribution in [-0.4, -0.2) is 31.2 Å². The zero-order chi connectivity index (χ0) is 17.3. The molecule has 0 spiro atoms. The first-order chi connectivity index (χ1) is 11.5. The van der Waals surface area contributed by atoms with Gasteiger partial charge in [-0.3, -0.25) is 0 Å². The molecule has 8 heteroatoms. The van der Waals surface area contributed by atoms with Gasteiger partial charge in [-0.15, -0.1) is 0 Å². The summed E-state index contributed by atoms with van der Waals surface area (Å²) in [5.74, 6) is -0.928.